The van der Waals surface area contributed by atoms with Crippen LogP contribution in [0.4, 0.5) is 5.69 Å². The molecule has 0 radical (unpaired) electrons. The Morgan fingerprint density at radius 3 is 3.00 bits per heavy atom. The second-order valence-corrected chi connectivity index (χ2v) is 3.76. The predicted molar refractivity (Wildman–Crippen MR) is 58.8 cm³/mol. The minimum absolute atomic E-state index is 0.359. The van der Waals surface area contributed by atoms with E-state index in [2.05, 4.69) is 22.2 Å². The molecule has 2 rings (SSSR count). The molecule has 2 aromatic heterocycles. The Morgan fingerprint density at radius 1 is 1.47 bits per heavy atom. The van der Waals surface area contributed by atoms with Gasteiger partial charge < -0.3 is 5.73 Å². The Balaban J connectivity index is 2.49. The van der Waals surface area contributed by atoms with Gasteiger partial charge >= 0.3 is 0 Å². The fourth-order valence-corrected chi connectivity index (χ4v) is 1.60. The van der Waals surface area contributed by atoms with Crippen LogP contribution in [0.5, 0.6) is 0 Å². The van der Waals surface area contributed by atoms with Crippen molar-refractivity contribution >= 4 is 22.9 Å². The Bertz CT molecular complexity index is 479. The molecule has 0 aliphatic heterocycles. The molecule has 6 heteroatoms. The van der Waals surface area contributed by atoms with Gasteiger partial charge in [-0.05, 0) is 6.42 Å². The number of hydrogen-bond acceptors (Lipinski definition) is 4. The van der Waals surface area contributed by atoms with Crippen LogP contribution in [0, 0.1) is 0 Å². The predicted octanol–water partition coefficient (Wildman–Crippen LogP) is 1.70. The van der Waals surface area contributed by atoms with E-state index >= 15 is 0 Å². The van der Waals surface area contributed by atoms with Crippen LogP contribution in [0.25, 0.3) is 5.65 Å². The highest BCUT2D eigenvalue weighted by Crippen LogP contribution is 2.16. The lowest BCUT2D eigenvalue weighted by Gasteiger charge is -1.99. The van der Waals surface area contributed by atoms with Crippen molar-refractivity contribution in [3.63, 3.8) is 0 Å². The van der Waals surface area contributed by atoms with Gasteiger partial charge in [0.05, 0.1) is 5.69 Å². The van der Waals surface area contributed by atoms with Crippen LogP contribution in [0.15, 0.2) is 6.07 Å². The Morgan fingerprint density at radius 2 is 2.27 bits per heavy atom. The van der Waals surface area contributed by atoms with Crippen molar-refractivity contribution < 1.29 is 0 Å². The number of aromatic nitrogens is 4. The molecule has 0 unspecified atom stereocenters. The van der Waals surface area contributed by atoms with Crippen molar-refractivity contribution in [2.45, 2.75) is 26.2 Å². The summed E-state index contributed by atoms with van der Waals surface area (Å²) in [5.74, 6) is 0.807. The molecular weight excluding hydrogens is 214 g/mol. The van der Waals surface area contributed by atoms with Gasteiger partial charge in [0.2, 0.25) is 5.65 Å². The van der Waals surface area contributed by atoms with E-state index in [1.165, 1.54) is 0 Å². The lowest BCUT2D eigenvalue weighted by molar-refractivity contribution is 0.719. The highest BCUT2D eigenvalue weighted by Gasteiger charge is 2.09. The summed E-state index contributed by atoms with van der Waals surface area (Å²) in [4.78, 5) is 0. The summed E-state index contributed by atoms with van der Waals surface area (Å²) in [6.07, 6.45) is 2.99. The smallest absolute Gasteiger partial charge is 0.200 e. The van der Waals surface area contributed by atoms with Gasteiger partial charge in [-0.15, -0.1) is 10.2 Å². The standard InChI is InChI=1S/C9H12ClN5/c1-2-3-4-8-12-13-9-6(11)5-7(10)14-15(8)9/h5H,2-4,11H2,1H3. The van der Waals surface area contributed by atoms with Crippen molar-refractivity contribution in [2.75, 3.05) is 5.73 Å². The van der Waals surface area contributed by atoms with Crippen molar-refractivity contribution in [3.05, 3.63) is 17.0 Å². The van der Waals surface area contributed by atoms with Crippen molar-refractivity contribution in [1.29, 1.82) is 0 Å². The van der Waals surface area contributed by atoms with E-state index in [1.807, 2.05) is 0 Å². The molecule has 80 valence electrons. The number of nitrogen functional groups attached to an aromatic ring is 1. The maximum absolute atomic E-state index is 5.82. The van der Waals surface area contributed by atoms with Crippen LogP contribution >= 0.6 is 11.6 Å². The van der Waals surface area contributed by atoms with Crippen LogP contribution in [0.1, 0.15) is 25.6 Å². The second-order valence-electron chi connectivity index (χ2n) is 3.38. The number of unbranched alkanes of at least 4 members (excludes halogenated alkanes) is 1. The van der Waals surface area contributed by atoms with Crippen LogP contribution in [0.3, 0.4) is 0 Å². The number of rotatable bonds is 3. The van der Waals surface area contributed by atoms with Gasteiger partial charge in [-0.25, -0.2) is 0 Å². The largest absolute Gasteiger partial charge is 0.396 e. The number of aryl methyl sites for hydroxylation is 1. The average Bonchev–Trinajstić information content (AvgIpc) is 2.58. The highest BCUT2D eigenvalue weighted by atomic mass is 35.5. The van der Waals surface area contributed by atoms with Gasteiger partial charge in [0.1, 0.15) is 0 Å². The number of halogens is 1. The Labute approximate surface area is 92.2 Å². The van der Waals surface area contributed by atoms with Gasteiger partial charge in [-0.1, -0.05) is 24.9 Å². The molecule has 2 aromatic rings. The summed E-state index contributed by atoms with van der Waals surface area (Å²) in [6.45, 7) is 2.12. The molecule has 0 saturated heterocycles. The summed E-state index contributed by atoms with van der Waals surface area (Å²) >= 11 is 5.82. The fraction of sp³-hybridized carbons (Fsp3) is 0.444. The van der Waals surface area contributed by atoms with Gasteiger partial charge in [0.15, 0.2) is 11.0 Å². The summed E-state index contributed by atoms with van der Waals surface area (Å²) in [5, 5.41) is 12.5. The minimum Gasteiger partial charge on any atom is -0.396 e. The molecule has 0 spiro atoms. The molecule has 0 amide bonds. The van der Waals surface area contributed by atoms with E-state index < -0.39 is 0 Å². The Kier molecular flexibility index (Phi) is 2.73. The zero-order valence-corrected chi connectivity index (χ0v) is 9.20. The lowest BCUT2D eigenvalue weighted by Crippen LogP contribution is -2.01. The third kappa shape index (κ3) is 1.87. The van der Waals surface area contributed by atoms with Crippen molar-refractivity contribution in [3.8, 4) is 0 Å². The fourth-order valence-electron chi connectivity index (χ4n) is 1.41. The zero-order chi connectivity index (χ0) is 10.8. The number of fused-ring (bicyclic) bond motifs is 1. The van der Waals surface area contributed by atoms with Crippen molar-refractivity contribution in [2.24, 2.45) is 0 Å². The van der Waals surface area contributed by atoms with E-state index in [0.717, 1.165) is 25.1 Å². The highest BCUT2D eigenvalue weighted by molar-refractivity contribution is 6.29. The third-order valence-corrected chi connectivity index (χ3v) is 2.37. The van der Waals surface area contributed by atoms with Crippen molar-refractivity contribution in [1.82, 2.24) is 19.8 Å². The normalized spacial score (nSPS) is 11.1. The molecule has 0 atom stereocenters. The zero-order valence-electron chi connectivity index (χ0n) is 8.44. The molecule has 0 saturated carbocycles. The molecule has 2 heterocycles. The summed E-state index contributed by atoms with van der Waals surface area (Å²) in [5.41, 5.74) is 6.83. The number of anilines is 1. The first-order valence-corrected chi connectivity index (χ1v) is 5.26. The maximum atomic E-state index is 5.82. The monoisotopic (exact) mass is 225 g/mol. The molecule has 15 heavy (non-hydrogen) atoms. The molecule has 5 nitrogen and oxygen atoms in total. The first-order chi connectivity index (χ1) is 7.22. The molecule has 0 bridgehead atoms. The maximum Gasteiger partial charge on any atom is 0.200 e. The lowest BCUT2D eigenvalue weighted by atomic mass is 10.2. The van der Waals surface area contributed by atoms with E-state index in [4.69, 9.17) is 17.3 Å². The second kappa shape index (κ2) is 4.02. The van der Waals surface area contributed by atoms with Crippen LogP contribution in [-0.4, -0.2) is 19.8 Å². The topological polar surface area (TPSA) is 69.1 Å². The van der Waals surface area contributed by atoms with E-state index in [1.54, 1.807) is 10.6 Å². The summed E-state index contributed by atoms with van der Waals surface area (Å²) in [7, 11) is 0. The first kappa shape index (κ1) is 10.2. The van der Waals surface area contributed by atoms with Gasteiger partial charge in [0.25, 0.3) is 0 Å². The molecule has 0 aliphatic carbocycles. The first-order valence-electron chi connectivity index (χ1n) is 4.88. The van der Waals surface area contributed by atoms with Gasteiger partial charge in [-0.3, -0.25) is 0 Å². The molecule has 0 aliphatic rings. The van der Waals surface area contributed by atoms with E-state index in [9.17, 15) is 0 Å². The van der Waals surface area contributed by atoms with Crippen LogP contribution < -0.4 is 5.73 Å². The van der Waals surface area contributed by atoms with Gasteiger partial charge in [0, 0.05) is 12.5 Å². The molecular formula is C9H12ClN5. The molecule has 2 N–H and O–H groups in total. The quantitative estimate of drug-likeness (QED) is 0.863. The molecule has 0 aromatic carbocycles. The third-order valence-electron chi connectivity index (χ3n) is 2.19. The summed E-state index contributed by atoms with van der Waals surface area (Å²) in [6, 6.07) is 1.58. The summed E-state index contributed by atoms with van der Waals surface area (Å²) < 4.78 is 1.62. The molecule has 0 fully saturated rings. The number of nitrogens with two attached hydrogens (primary N) is 1. The van der Waals surface area contributed by atoms with Crippen LogP contribution in [0.2, 0.25) is 5.15 Å². The van der Waals surface area contributed by atoms with Gasteiger partial charge in [-0.2, -0.15) is 9.61 Å². The van der Waals surface area contributed by atoms with E-state index in [-0.39, 0.29) is 0 Å². The minimum atomic E-state index is 0.359. The Hall–Kier alpha value is -1.36. The van der Waals surface area contributed by atoms with Crippen LogP contribution in [-0.2, 0) is 6.42 Å². The van der Waals surface area contributed by atoms with E-state index in [0.29, 0.717) is 16.5 Å². The number of nitrogens with zero attached hydrogens (tertiary/aromatic N) is 4. The average molecular weight is 226 g/mol. The SMILES string of the molecule is CCCCc1nnc2c(N)cc(Cl)nn12. The number of hydrogen-bond donors (Lipinski definition) is 1.